The van der Waals surface area contributed by atoms with Crippen molar-refractivity contribution in [2.45, 2.75) is 18.3 Å². The Kier molecular flexibility index (Phi) is 3.31. The summed E-state index contributed by atoms with van der Waals surface area (Å²) in [5.74, 6) is 3.27. The first kappa shape index (κ1) is 14.5. The van der Waals surface area contributed by atoms with Crippen molar-refractivity contribution in [2.24, 2.45) is 5.84 Å². The standard InChI is InChI=1S/C12H10F4N2O2/c13-9-3-1-7(2-4-9)8-5-10(19)18(17)11(20,6-8)12(14,15)16/h1-5,20H,6,17H2. The zero-order valence-corrected chi connectivity index (χ0v) is 9.99. The lowest BCUT2D eigenvalue weighted by Crippen LogP contribution is -2.65. The zero-order valence-electron chi connectivity index (χ0n) is 9.99. The van der Waals surface area contributed by atoms with Crippen LogP contribution in [-0.4, -0.2) is 27.9 Å². The predicted octanol–water partition coefficient (Wildman–Crippen LogP) is 1.57. The van der Waals surface area contributed by atoms with Gasteiger partial charge in [-0.15, -0.1) is 0 Å². The normalized spacial score (nSPS) is 23.8. The molecule has 1 atom stereocenters. The molecule has 1 aromatic carbocycles. The number of carbonyl (C=O) groups is 1. The van der Waals surface area contributed by atoms with Gasteiger partial charge in [-0.25, -0.2) is 15.2 Å². The molecule has 1 heterocycles. The van der Waals surface area contributed by atoms with E-state index < -0.39 is 30.0 Å². The molecule has 2 rings (SSSR count). The Bertz CT molecular complexity index is 568. The van der Waals surface area contributed by atoms with E-state index in [1.54, 1.807) is 0 Å². The molecule has 20 heavy (non-hydrogen) atoms. The fraction of sp³-hybridized carbons (Fsp3) is 0.250. The molecule has 0 aliphatic carbocycles. The highest BCUT2D eigenvalue weighted by atomic mass is 19.4. The number of hydrogen-bond acceptors (Lipinski definition) is 3. The second-order valence-electron chi connectivity index (χ2n) is 4.38. The van der Waals surface area contributed by atoms with Crippen LogP contribution >= 0.6 is 0 Å². The quantitative estimate of drug-likeness (QED) is 0.468. The van der Waals surface area contributed by atoms with E-state index in [9.17, 15) is 27.5 Å². The molecular formula is C12H10F4N2O2. The molecule has 8 heteroatoms. The van der Waals surface area contributed by atoms with E-state index in [1.807, 2.05) is 0 Å². The SMILES string of the molecule is NN1C(=O)C=C(c2ccc(F)cc2)CC1(O)C(F)(F)F. The van der Waals surface area contributed by atoms with Crippen molar-refractivity contribution in [2.75, 3.05) is 0 Å². The Morgan fingerprint density at radius 3 is 2.30 bits per heavy atom. The molecule has 1 amide bonds. The summed E-state index contributed by atoms with van der Waals surface area (Å²) in [6.07, 6.45) is -5.16. The number of halogens is 4. The molecule has 3 N–H and O–H groups in total. The lowest BCUT2D eigenvalue weighted by molar-refractivity contribution is -0.308. The van der Waals surface area contributed by atoms with E-state index in [0.717, 1.165) is 18.2 Å². The van der Waals surface area contributed by atoms with Gasteiger partial charge in [0.2, 0.25) is 0 Å². The van der Waals surface area contributed by atoms with Crippen LogP contribution in [0, 0.1) is 5.82 Å². The fourth-order valence-electron chi connectivity index (χ4n) is 1.89. The van der Waals surface area contributed by atoms with Gasteiger partial charge in [0.1, 0.15) is 5.82 Å². The Labute approximate surface area is 111 Å². The largest absolute Gasteiger partial charge is 0.438 e. The number of rotatable bonds is 1. The summed E-state index contributed by atoms with van der Waals surface area (Å²) >= 11 is 0. The lowest BCUT2D eigenvalue weighted by Gasteiger charge is -2.40. The van der Waals surface area contributed by atoms with Crippen LogP contribution in [0.25, 0.3) is 5.57 Å². The highest BCUT2D eigenvalue weighted by molar-refractivity contribution is 5.97. The maximum absolute atomic E-state index is 12.9. The molecule has 1 aliphatic heterocycles. The summed E-state index contributed by atoms with van der Waals surface area (Å²) in [4.78, 5) is 11.5. The van der Waals surface area contributed by atoms with Crippen molar-refractivity contribution in [3.8, 4) is 0 Å². The second kappa shape index (κ2) is 4.57. The topological polar surface area (TPSA) is 66.6 Å². The summed E-state index contributed by atoms with van der Waals surface area (Å²) in [6.45, 7) is 0. The Balaban J connectivity index is 2.45. The van der Waals surface area contributed by atoms with Crippen LogP contribution < -0.4 is 5.84 Å². The number of aliphatic hydroxyl groups is 1. The molecule has 4 nitrogen and oxygen atoms in total. The van der Waals surface area contributed by atoms with Crippen LogP contribution in [0.3, 0.4) is 0 Å². The van der Waals surface area contributed by atoms with Gasteiger partial charge < -0.3 is 5.11 Å². The lowest BCUT2D eigenvalue weighted by atomic mass is 9.91. The first-order chi connectivity index (χ1) is 9.15. The average Bonchev–Trinajstić information content (AvgIpc) is 2.35. The number of carbonyl (C=O) groups excluding carboxylic acids is 1. The fourth-order valence-corrected chi connectivity index (χ4v) is 1.89. The van der Waals surface area contributed by atoms with E-state index in [-0.39, 0.29) is 16.1 Å². The van der Waals surface area contributed by atoms with E-state index in [2.05, 4.69) is 0 Å². The van der Waals surface area contributed by atoms with Crippen LogP contribution in [0.4, 0.5) is 17.6 Å². The van der Waals surface area contributed by atoms with Crippen molar-refractivity contribution in [1.82, 2.24) is 5.01 Å². The monoisotopic (exact) mass is 290 g/mol. The molecule has 0 saturated carbocycles. The van der Waals surface area contributed by atoms with Crippen molar-refractivity contribution in [3.05, 3.63) is 41.7 Å². The van der Waals surface area contributed by atoms with Gasteiger partial charge in [0.25, 0.3) is 11.6 Å². The van der Waals surface area contributed by atoms with Crippen LogP contribution in [0.2, 0.25) is 0 Å². The van der Waals surface area contributed by atoms with Crippen LogP contribution in [0.1, 0.15) is 12.0 Å². The molecular weight excluding hydrogens is 280 g/mol. The minimum absolute atomic E-state index is 0.0727. The number of alkyl halides is 3. The molecule has 1 aromatic rings. The Morgan fingerprint density at radius 1 is 1.25 bits per heavy atom. The smallest absolute Gasteiger partial charge is 0.362 e. The van der Waals surface area contributed by atoms with E-state index >= 15 is 0 Å². The van der Waals surface area contributed by atoms with Crippen molar-refractivity contribution in [3.63, 3.8) is 0 Å². The summed E-state index contributed by atoms with van der Waals surface area (Å²) in [5, 5.41) is 9.42. The third-order valence-electron chi connectivity index (χ3n) is 3.04. The third kappa shape index (κ3) is 2.27. The predicted molar refractivity (Wildman–Crippen MR) is 61.0 cm³/mol. The number of hydrogen-bond donors (Lipinski definition) is 2. The summed E-state index contributed by atoms with van der Waals surface area (Å²) < 4.78 is 51.5. The first-order valence-electron chi connectivity index (χ1n) is 5.49. The third-order valence-corrected chi connectivity index (χ3v) is 3.04. The minimum atomic E-state index is -5.11. The number of benzene rings is 1. The van der Waals surface area contributed by atoms with E-state index in [0.29, 0.717) is 0 Å². The number of nitrogens with two attached hydrogens (primary N) is 1. The molecule has 0 bridgehead atoms. The van der Waals surface area contributed by atoms with Gasteiger partial charge in [-0.05, 0) is 23.3 Å². The number of amides is 1. The average molecular weight is 290 g/mol. The number of nitrogens with zero attached hydrogens (tertiary/aromatic N) is 1. The molecule has 0 radical (unpaired) electrons. The van der Waals surface area contributed by atoms with Gasteiger partial charge in [-0.3, -0.25) is 4.79 Å². The van der Waals surface area contributed by atoms with E-state index in [1.165, 1.54) is 12.1 Å². The Morgan fingerprint density at radius 2 is 1.80 bits per heavy atom. The summed E-state index contributed by atoms with van der Waals surface area (Å²) in [6, 6.07) is 4.53. The van der Waals surface area contributed by atoms with Crippen molar-refractivity contribution < 1.29 is 27.5 Å². The second-order valence-corrected chi connectivity index (χ2v) is 4.38. The molecule has 1 aliphatic rings. The van der Waals surface area contributed by atoms with Crippen molar-refractivity contribution in [1.29, 1.82) is 0 Å². The van der Waals surface area contributed by atoms with Crippen LogP contribution in [0.5, 0.6) is 0 Å². The summed E-state index contributed by atoms with van der Waals surface area (Å²) in [5.41, 5.74) is -3.35. The Hall–Kier alpha value is -1.93. The molecule has 108 valence electrons. The van der Waals surface area contributed by atoms with Crippen molar-refractivity contribution >= 4 is 11.5 Å². The molecule has 0 fully saturated rings. The van der Waals surface area contributed by atoms with Crippen LogP contribution in [0.15, 0.2) is 30.3 Å². The van der Waals surface area contributed by atoms with Crippen LogP contribution in [-0.2, 0) is 4.79 Å². The van der Waals surface area contributed by atoms with E-state index in [4.69, 9.17) is 5.84 Å². The van der Waals surface area contributed by atoms with Gasteiger partial charge in [0.15, 0.2) is 0 Å². The number of hydrazine groups is 1. The highest BCUT2D eigenvalue weighted by Crippen LogP contribution is 2.41. The minimum Gasteiger partial charge on any atom is -0.362 e. The molecule has 0 aromatic heterocycles. The van der Waals surface area contributed by atoms with Gasteiger partial charge in [0.05, 0.1) is 0 Å². The van der Waals surface area contributed by atoms with Gasteiger partial charge >= 0.3 is 6.18 Å². The van der Waals surface area contributed by atoms with Gasteiger partial charge in [-0.2, -0.15) is 13.2 Å². The van der Waals surface area contributed by atoms with Gasteiger partial charge in [0, 0.05) is 12.5 Å². The van der Waals surface area contributed by atoms with Gasteiger partial charge in [-0.1, -0.05) is 12.1 Å². The zero-order chi connectivity index (χ0) is 15.1. The molecule has 0 spiro atoms. The maximum atomic E-state index is 12.9. The highest BCUT2D eigenvalue weighted by Gasteiger charge is 2.60. The molecule has 0 saturated heterocycles. The maximum Gasteiger partial charge on any atom is 0.438 e. The first-order valence-corrected chi connectivity index (χ1v) is 5.49. The summed E-state index contributed by atoms with van der Waals surface area (Å²) in [7, 11) is 0. The molecule has 1 unspecified atom stereocenters.